The summed E-state index contributed by atoms with van der Waals surface area (Å²) in [6.07, 6.45) is 10.8. The van der Waals surface area contributed by atoms with Gasteiger partial charge >= 0.3 is 5.97 Å². The van der Waals surface area contributed by atoms with Gasteiger partial charge in [0.15, 0.2) is 0 Å². The fourth-order valence-corrected chi connectivity index (χ4v) is 4.50. The highest BCUT2D eigenvalue weighted by atomic mass is 16.4. The van der Waals surface area contributed by atoms with Crippen LogP contribution in [0.1, 0.15) is 64.0 Å². The summed E-state index contributed by atoms with van der Waals surface area (Å²) < 4.78 is 2.05. The van der Waals surface area contributed by atoms with Crippen LogP contribution in [-0.4, -0.2) is 38.8 Å². The van der Waals surface area contributed by atoms with Crippen LogP contribution >= 0.6 is 0 Å². The van der Waals surface area contributed by atoms with Crippen LogP contribution in [-0.2, 0) is 17.9 Å². The Morgan fingerprint density at radius 3 is 2.62 bits per heavy atom. The summed E-state index contributed by atoms with van der Waals surface area (Å²) >= 11 is 0. The zero-order valence-corrected chi connectivity index (χ0v) is 14.9. The standard InChI is InChI=1S/C19H31N3O2/c1-2-10-22-11-5-17(20-22)15-21-12-8-19(9-13-21)6-3-16(4-7-19)14-18(23)24/h5,11,16H,2-4,6-10,12-15H2,1H3,(H,23,24). The number of aryl methyl sites for hydroxylation is 1. The molecule has 5 heteroatoms. The van der Waals surface area contributed by atoms with Gasteiger partial charge in [0.2, 0.25) is 0 Å². The van der Waals surface area contributed by atoms with Crippen molar-refractivity contribution in [2.75, 3.05) is 13.1 Å². The van der Waals surface area contributed by atoms with Gasteiger partial charge in [0.05, 0.1) is 5.69 Å². The van der Waals surface area contributed by atoms with Crippen LogP contribution in [0.25, 0.3) is 0 Å². The summed E-state index contributed by atoms with van der Waals surface area (Å²) in [4.78, 5) is 13.4. The number of carboxylic acid groups (broad SMARTS) is 1. The Bertz CT molecular complexity index is 537. The van der Waals surface area contributed by atoms with E-state index in [1.54, 1.807) is 0 Å². The molecule has 1 aliphatic heterocycles. The van der Waals surface area contributed by atoms with Crippen LogP contribution in [0.3, 0.4) is 0 Å². The van der Waals surface area contributed by atoms with E-state index in [-0.39, 0.29) is 0 Å². The normalized spacial score (nSPS) is 22.0. The van der Waals surface area contributed by atoms with Gasteiger partial charge in [-0.15, -0.1) is 0 Å². The Hall–Kier alpha value is -1.36. The minimum Gasteiger partial charge on any atom is -0.481 e. The van der Waals surface area contributed by atoms with E-state index in [9.17, 15) is 4.79 Å². The summed E-state index contributed by atoms with van der Waals surface area (Å²) in [5.41, 5.74) is 1.68. The zero-order chi connectivity index (χ0) is 17.0. The summed E-state index contributed by atoms with van der Waals surface area (Å²) in [6, 6.07) is 2.15. The van der Waals surface area contributed by atoms with E-state index in [0.29, 0.717) is 17.8 Å². The molecule has 0 unspecified atom stereocenters. The second kappa shape index (κ2) is 7.68. The van der Waals surface area contributed by atoms with Crippen molar-refractivity contribution in [3.8, 4) is 0 Å². The molecule has 0 aromatic carbocycles. The predicted octanol–water partition coefficient (Wildman–Crippen LogP) is 3.54. The molecule has 1 N–H and O–H groups in total. The second-order valence-corrected chi connectivity index (χ2v) is 7.89. The molecule has 5 nitrogen and oxygen atoms in total. The third kappa shape index (κ3) is 4.38. The fourth-order valence-electron chi connectivity index (χ4n) is 4.50. The quantitative estimate of drug-likeness (QED) is 0.865. The number of aliphatic carboxylic acids is 1. The molecular formula is C19H31N3O2. The summed E-state index contributed by atoms with van der Waals surface area (Å²) in [5, 5.41) is 13.6. The van der Waals surface area contributed by atoms with Crippen LogP contribution in [0.15, 0.2) is 12.3 Å². The molecule has 2 heterocycles. The minimum atomic E-state index is -0.631. The van der Waals surface area contributed by atoms with Crippen molar-refractivity contribution >= 4 is 5.97 Å². The molecule has 2 aliphatic rings. The third-order valence-electron chi connectivity index (χ3n) is 6.08. The molecular weight excluding hydrogens is 302 g/mol. The lowest BCUT2D eigenvalue weighted by molar-refractivity contribution is -0.138. The second-order valence-electron chi connectivity index (χ2n) is 7.89. The number of hydrogen-bond acceptors (Lipinski definition) is 3. The monoisotopic (exact) mass is 333 g/mol. The molecule has 1 aromatic heterocycles. The number of aromatic nitrogens is 2. The van der Waals surface area contributed by atoms with Gasteiger partial charge in [-0.2, -0.15) is 5.10 Å². The molecule has 1 saturated heterocycles. The van der Waals surface area contributed by atoms with E-state index in [1.165, 1.54) is 31.4 Å². The Labute approximate surface area is 145 Å². The van der Waals surface area contributed by atoms with Gasteiger partial charge in [-0.3, -0.25) is 14.4 Å². The van der Waals surface area contributed by atoms with E-state index in [4.69, 9.17) is 5.11 Å². The molecule has 2 fully saturated rings. The van der Waals surface area contributed by atoms with E-state index in [1.807, 2.05) is 4.68 Å². The number of carboxylic acids is 1. The largest absolute Gasteiger partial charge is 0.481 e. The number of hydrogen-bond donors (Lipinski definition) is 1. The van der Waals surface area contributed by atoms with Gasteiger partial charge in [0.25, 0.3) is 0 Å². The smallest absolute Gasteiger partial charge is 0.303 e. The van der Waals surface area contributed by atoms with Crippen molar-refractivity contribution < 1.29 is 9.90 Å². The molecule has 1 aromatic rings. The summed E-state index contributed by atoms with van der Waals surface area (Å²) in [6.45, 7) is 6.46. The predicted molar refractivity (Wildman–Crippen MR) is 93.7 cm³/mol. The lowest BCUT2D eigenvalue weighted by Crippen LogP contribution is -2.41. The lowest BCUT2D eigenvalue weighted by Gasteiger charge is -2.45. The Morgan fingerprint density at radius 2 is 2.00 bits per heavy atom. The van der Waals surface area contributed by atoms with E-state index < -0.39 is 5.97 Å². The maximum absolute atomic E-state index is 10.9. The minimum absolute atomic E-state index is 0.364. The van der Waals surface area contributed by atoms with Gasteiger partial charge in [0.1, 0.15) is 0 Å². The molecule has 1 aliphatic carbocycles. The van der Waals surface area contributed by atoms with E-state index >= 15 is 0 Å². The first-order valence-corrected chi connectivity index (χ1v) is 9.55. The SMILES string of the molecule is CCCn1ccc(CN2CCC3(CCC(CC(=O)O)CC3)CC2)n1. The number of rotatable bonds is 6. The highest BCUT2D eigenvalue weighted by Crippen LogP contribution is 2.47. The van der Waals surface area contributed by atoms with Gasteiger partial charge in [-0.25, -0.2) is 0 Å². The van der Waals surface area contributed by atoms with Crippen LogP contribution in [0, 0.1) is 11.3 Å². The van der Waals surface area contributed by atoms with Crippen LogP contribution < -0.4 is 0 Å². The van der Waals surface area contributed by atoms with Crippen molar-refractivity contribution in [1.29, 1.82) is 0 Å². The number of carbonyl (C=O) groups is 1. The van der Waals surface area contributed by atoms with Gasteiger partial charge < -0.3 is 5.11 Å². The molecule has 1 saturated carbocycles. The topological polar surface area (TPSA) is 58.4 Å². The van der Waals surface area contributed by atoms with Crippen LogP contribution in [0.4, 0.5) is 0 Å². The van der Waals surface area contributed by atoms with E-state index in [2.05, 4.69) is 29.2 Å². The van der Waals surface area contributed by atoms with Crippen molar-refractivity contribution in [1.82, 2.24) is 14.7 Å². The average molecular weight is 333 g/mol. The zero-order valence-electron chi connectivity index (χ0n) is 14.9. The number of nitrogens with zero attached hydrogens (tertiary/aromatic N) is 3. The lowest BCUT2D eigenvalue weighted by atomic mass is 9.65. The van der Waals surface area contributed by atoms with Crippen molar-refractivity contribution in [3.05, 3.63) is 18.0 Å². The number of piperidine rings is 1. The molecule has 0 bridgehead atoms. The van der Waals surface area contributed by atoms with Crippen molar-refractivity contribution in [2.45, 2.75) is 71.4 Å². The first-order chi connectivity index (χ1) is 11.6. The van der Waals surface area contributed by atoms with Crippen LogP contribution in [0.2, 0.25) is 0 Å². The molecule has 0 atom stereocenters. The molecule has 0 radical (unpaired) electrons. The molecule has 3 rings (SSSR count). The first-order valence-electron chi connectivity index (χ1n) is 9.55. The fraction of sp³-hybridized carbons (Fsp3) is 0.789. The Balaban J connectivity index is 1.45. The first kappa shape index (κ1) is 17.5. The Morgan fingerprint density at radius 1 is 1.29 bits per heavy atom. The summed E-state index contributed by atoms with van der Waals surface area (Å²) in [7, 11) is 0. The maximum Gasteiger partial charge on any atom is 0.303 e. The van der Waals surface area contributed by atoms with Crippen LogP contribution in [0.5, 0.6) is 0 Å². The summed E-state index contributed by atoms with van der Waals surface area (Å²) in [5.74, 6) is -0.220. The van der Waals surface area contributed by atoms with E-state index in [0.717, 1.165) is 45.4 Å². The van der Waals surface area contributed by atoms with Gasteiger partial charge in [0, 0.05) is 25.7 Å². The van der Waals surface area contributed by atoms with Crippen molar-refractivity contribution in [3.63, 3.8) is 0 Å². The average Bonchev–Trinajstić information content (AvgIpc) is 2.99. The Kier molecular flexibility index (Phi) is 5.59. The van der Waals surface area contributed by atoms with Gasteiger partial charge in [-0.1, -0.05) is 6.92 Å². The number of likely N-dealkylation sites (tertiary alicyclic amines) is 1. The molecule has 1 spiro atoms. The highest BCUT2D eigenvalue weighted by molar-refractivity contribution is 5.67. The molecule has 0 amide bonds. The van der Waals surface area contributed by atoms with Gasteiger partial charge in [-0.05, 0) is 75.4 Å². The maximum atomic E-state index is 10.9. The highest BCUT2D eigenvalue weighted by Gasteiger charge is 2.38. The third-order valence-corrected chi connectivity index (χ3v) is 6.08. The molecule has 134 valence electrons. The van der Waals surface area contributed by atoms with Crippen molar-refractivity contribution in [2.24, 2.45) is 11.3 Å². The molecule has 24 heavy (non-hydrogen) atoms.